The van der Waals surface area contributed by atoms with Gasteiger partial charge in [0.05, 0.1) is 5.69 Å². The van der Waals surface area contributed by atoms with Gasteiger partial charge in [-0.1, -0.05) is 30.3 Å². The first-order valence-electron chi connectivity index (χ1n) is 8.67. The zero-order valence-electron chi connectivity index (χ0n) is 14.6. The van der Waals surface area contributed by atoms with E-state index in [1.165, 1.54) is 0 Å². The topological polar surface area (TPSA) is 58.1 Å². The number of anilines is 2. The zero-order chi connectivity index (χ0) is 18.5. The molecule has 1 unspecified atom stereocenters. The standard InChI is InChI=1S/C22H18N4O/c27-16-21-20(25-22-11-5-7-13-24-22)14-17(19-10-4-6-12-23-19)15-26(21)18-8-2-1-3-9-18/h1-16,21H,(H,24,25). The first-order valence-corrected chi connectivity index (χ1v) is 8.67. The van der Waals surface area contributed by atoms with Crippen molar-refractivity contribution in [2.24, 2.45) is 0 Å². The highest BCUT2D eigenvalue weighted by molar-refractivity contribution is 5.85. The second kappa shape index (κ2) is 7.66. The number of carbonyl (C=O) groups is 1. The lowest BCUT2D eigenvalue weighted by Gasteiger charge is -2.33. The number of allylic oxidation sites excluding steroid dienone is 2. The fourth-order valence-electron chi connectivity index (χ4n) is 3.01. The average Bonchev–Trinajstić information content (AvgIpc) is 2.75. The van der Waals surface area contributed by atoms with Crippen LogP contribution in [0.15, 0.2) is 97.1 Å². The van der Waals surface area contributed by atoms with Crippen LogP contribution in [0.1, 0.15) is 5.69 Å². The van der Waals surface area contributed by atoms with Crippen LogP contribution in [0.4, 0.5) is 11.5 Å². The first kappa shape index (κ1) is 16.7. The second-order valence-electron chi connectivity index (χ2n) is 6.06. The van der Waals surface area contributed by atoms with E-state index < -0.39 is 6.04 Å². The van der Waals surface area contributed by atoms with E-state index in [9.17, 15) is 4.79 Å². The van der Waals surface area contributed by atoms with Crippen LogP contribution in [0.25, 0.3) is 5.57 Å². The van der Waals surface area contributed by atoms with Gasteiger partial charge in [-0.3, -0.25) is 4.98 Å². The summed E-state index contributed by atoms with van der Waals surface area (Å²) in [7, 11) is 0. The number of nitrogens with one attached hydrogen (secondary N) is 1. The number of rotatable bonds is 5. The Morgan fingerprint density at radius 2 is 1.63 bits per heavy atom. The monoisotopic (exact) mass is 354 g/mol. The van der Waals surface area contributed by atoms with Crippen LogP contribution in [0.2, 0.25) is 0 Å². The van der Waals surface area contributed by atoms with Crippen LogP contribution in [0, 0.1) is 0 Å². The largest absolute Gasteiger partial charge is 0.341 e. The molecule has 4 rings (SSSR count). The molecule has 0 saturated heterocycles. The molecule has 0 aliphatic carbocycles. The molecule has 1 aliphatic heterocycles. The molecule has 3 aromatic rings. The Labute approximate surface area is 157 Å². The molecule has 1 aromatic carbocycles. The Bertz CT molecular complexity index is 969. The van der Waals surface area contributed by atoms with Crippen LogP contribution in [-0.4, -0.2) is 22.3 Å². The highest BCUT2D eigenvalue weighted by Gasteiger charge is 2.26. The van der Waals surface area contributed by atoms with Gasteiger partial charge in [0.25, 0.3) is 0 Å². The van der Waals surface area contributed by atoms with Crippen molar-refractivity contribution in [1.29, 1.82) is 0 Å². The third-order valence-electron chi connectivity index (χ3n) is 4.29. The summed E-state index contributed by atoms with van der Waals surface area (Å²) in [5.74, 6) is 0.686. The van der Waals surface area contributed by atoms with E-state index in [0.717, 1.165) is 28.9 Å². The van der Waals surface area contributed by atoms with Gasteiger partial charge in [0, 0.05) is 35.6 Å². The van der Waals surface area contributed by atoms with Crippen LogP contribution >= 0.6 is 0 Å². The number of aromatic nitrogens is 2. The van der Waals surface area contributed by atoms with Crippen molar-refractivity contribution < 1.29 is 4.79 Å². The summed E-state index contributed by atoms with van der Waals surface area (Å²) in [6.07, 6.45) is 8.32. The smallest absolute Gasteiger partial charge is 0.148 e. The molecule has 0 radical (unpaired) electrons. The first-order chi connectivity index (χ1) is 13.3. The summed E-state index contributed by atoms with van der Waals surface area (Å²) in [5, 5.41) is 3.29. The maximum absolute atomic E-state index is 12.0. The third kappa shape index (κ3) is 3.62. The molecule has 5 heteroatoms. The molecule has 3 heterocycles. The Kier molecular flexibility index (Phi) is 4.74. The van der Waals surface area contributed by atoms with Gasteiger partial charge in [-0.15, -0.1) is 0 Å². The Morgan fingerprint density at radius 1 is 0.889 bits per heavy atom. The molecule has 5 nitrogen and oxygen atoms in total. The predicted octanol–water partition coefficient (Wildman–Crippen LogP) is 3.90. The second-order valence-corrected chi connectivity index (χ2v) is 6.06. The van der Waals surface area contributed by atoms with Crippen LogP contribution in [0.3, 0.4) is 0 Å². The summed E-state index contributed by atoms with van der Waals surface area (Å²) in [4.78, 5) is 22.7. The summed E-state index contributed by atoms with van der Waals surface area (Å²) < 4.78 is 0. The van der Waals surface area contributed by atoms with E-state index in [1.54, 1.807) is 12.4 Å². The van der Waals surface area contributed by atoms with Crippen molar-refractivity contribution >= 4 is 23.4 Å². The van der Waals surface area contributed by atoms with Crippen molar-refractivity contribution in [1.82, 2.24) is 9.97 Å². The van der Waals surface area contributed by atoms with Gasteiger partial charge in [0.15, 0.2) is 0 Å². The summed E-state index contributed by atoms with van der Waals surface area (Å²) in [5.41, 5.74) is 3.42. The molecular weight excluding hydrogens is 336 g/mol. The number of benzene rings is 1. The van der Waals surface area contributed by atoms with Gasteiger partial charge in [0.1, 0.15) is 18.1 Å². The molecular formula is C22H18N4O. The van der Waals surface area contributed by atoms with Crippen LogP contribution in [0.5, 0.6) is 0 Å². The summed E-state index contributed by atoms with van der Waals surface area (Å²) in [6.45, 7) is 0. The number of nitrogens with zero attached hydrogens (tertiary/aromatic N) is 3. The van der Waals surface area contributed by atoms with E-state index in [1.807, 2.05) is 83.9 Å². The quantitative estimate of drug-likeness (QED) is 0.704. The van der Waals surface area contributed by atoms with Crippen molar-refractivity contribution in [3.8, 4) is 0 Å². The average molecular weight is 354 g/mol. The molecule has 2 aromatic heterocycles. The van der Waals surface area contributed by atoms with Gasteiger partial charge in [-0.25, -0.2) is 4.98 Å². The fraction of sp³-hybridized carbons (Fsp3) is 0.0455. The number of hydrogen-bond donors (Lipinski definition) is 1. The van der Waals surface area contributed by atoms with Gasteiger partial charge >= 0.3 is 0 Å². The maximum Gasteiger partial charge on any atom is 0.148 e. The lowest BCUT2D eigenvalue weighted by atomic mass is 10.0. The zero-order valence-corrected chi connectivity index (χ0v) is 14.6. The highest BCUT2D eigenvalue weighted by Crippen LogP contribution is 2.30. The number of aldehydes is 1. The number of pyridine rings is 2. The molecule has 27 heavy (non-hydrogen) atoms. The lowest BCUT2D eigenvalue weighted by Crippen LogP contribution is -2.38. The normalized spacial score (nSPS) is 16.3. The lowest BCUT2D eigenvalue weighted by molar-refractivity contribution is -0.108. The third-order valence-corrected chi connectivity index (χ3v) is 4.29. The van der Waals surface area contributed by atoms with Crippen LogP contribution < -0.4 is 10.2 Å². The minimum atomic E-state index is -0.484. The van der Waals surface area contributed by atoms with E-state index in [0.29, 0.717) is 5.82 Å². The number of carbonyl (C=O) groups excluding carboxylic acids is 1. The molecule has 0 saturated carbocycles. The minimum absolute atomic E-state index is 0.484. The van der Waals surface area contributed by atoms with E-state index in [2.05, 4.69) is 15.3 Å². The van der Waals surface area contributed by atoms with E-state index in [-0.39, 0.29) is 0 Å². The van der Waals surface area contributed by atoms with Gasteiger partial charge < -0.3 is 15.0 Å². The molecule has 132 valence electrons. The molecule has 1 atom stereocenters. The van der Waals surface area contributed by atoms with Crippen molar-refractivity contribution in [2.75, 3.05) is 10.2 Å². The molecule has 0 fully saturated rings. The molecule has 1 aliphatic rings. The summed E-state index contributed by atoms with van der Waals surface area (Å²) >= 11 is 0. The van der Waals surface area contributed by atoms with Crippen LogP contribution in [-0.2, 0) is 4.79 Å². The van der Waals surface area contributed by atoms with E-state index >= 15 is 0 Å². The minimum Gasteiger partial charge on any atom is -0.341 e. The number of para-hydroxylation sites is 1. The SMILES string of the molecule is O=CC1C(Nc2ccccn2)=CC(c2ccccn2)=CN1c1ccccc1. The van der Waals surface area contributed by atoms with Crippen molar-refractivity contribution in [2.45, 2.75) is 6.04 Å². The highest BCUT2D eigenvalue weighted by atomic mass is 16.1. The van der Waals surface area contributed by atoms with Crippen molar-refractivity contribution in [3.05, 3.63) is 103 Å². The Hall–Kier alpha value is -3.73. The number of hydrogen-bond acceptors (Lipinski definition) is 5. The van der Waals surface area contributed by atoms with Gasteiger partial charge in [-0.05, 0) is 42.5 Å². The molecule has 0 spiro atoms. The fourth-order valence-corrected chi connectivity index (χ4v) is 3.01. The molecule has 0 amide bonds. The maximum atomic E-state index is 12.0. The predicted molar refractivity (Wildman–Crippen MR) is 107 cm³/mol. The Morgan fingerprint density at radius 3 is 2.30 bits per heavy atom. The molecule has 0 bridgehead atoms. The summed E-state index contributed by atoms with van der Waals surface area (Å²) in [6, 6.07) is 20.7. The Balaban J connectivity index is 1.79. The van der Waals surface area contributed by atoms with E-state index in [4.69, 9.17) is 0 Å². The van der Waals surface area contributed by atoms with Gasteiger partial charge in [0.2, 0.25) is 0 Å². The molecule has 1 N–H and O–H groups in total. The van der Waals surface area contributed by atoms with Gasteiger partial charge in [-0.2, -0.15) is 0 Å². The van der Waals surface area contributed by atoms with Crippen molar-refractivity contribution in [3.63, 3.8) is 0 Å².